The quantitative estimate of drug-likeness (QED) is 0.808. The predicted octanol–water partition coefficient (Wildman–Crippen LogP) is 1.31. The average molecular weight is 223 g/mol. The van der Waals surface area contributed by atoms with Crippen molar-refractivity contribution in [3.05, 3.63) is 23.9 Å². The van der Waals surface area contributed by atoms with Crippen molar-refractivity contribution in [1.82, 2.24) is 4.98 Å². The number of hydrogen-bond donors (Lipinski definition) is 2. The first-order valence-electron chi connectivity index (χ1n) is 5.44. The third-order valence-electron chi connectivity index (χ3n) is 2.31. The van der Waals surface area contributed by atoms with Crippen LogP contribution in [0.4, 0.5) is 5.82 Å². The summed E-state index contributed by atoms with van der Waals surface area (Å²) in [7, 11) is 1.91. The fraction of sp³-hybridized carbons (Fsp3) is 0.583. The van der Waals surface area contributed by atoms with Crippen molar-refractivity contribution in [3.8, 4) is 0 Å². The van der Waals surface area contributed by atoms with E-state index in [1.165, 1.54) is 0 Å². The van der Waals surface area contributed by atoms with Crippen LogP contribution in [0, 0.1) is 0 Å². The molecule has 0 saturated heterocycles. The molecular weight excluding hydrogens is 202 g/mol. The highest BCUT2D eigenvalue weighted by Gasteiger charge is 2.16. The number of nitrogens with two attached hydrogens (primary N) is 1. The average Bonchev–Trinajstić information content (AvgIpc) is 2.15. The number of nitrogens with zero attached hydrogens (tertiary/aromatic N) is 2. The van der Waals surface area contributed by atoms with E-state index in [9.17, 15) is 5.11 Å². The first-order chi connectivity index (χ1) is 7.29. The molecule has 0 fully saturated rings. The molecule has 4 heteroatoms. The number of pyridine rings is 1. The van der Waals surface area contributed by atoms with Gasteiger partial charge in [-0.25, -0.2) is 4.98 Å². The van der Waals surface area contributed by atoms with Crippen molar-refractivity contribution in [2.45, 2.75) is 32.4 Å². The maximum atomic E-state index is 9.73. The van der Waals surface area contributed by atoms with Crippen molar-refractivity contribution < 1.29 is 5.11 Å². The summed E-state index contributed by atoms with van der Waals surface area (Å²) in [5, 5.41) is 9.73. The lowest BCUT2D eigenvalue weighted by Gasteiger charge is -2.26. The second-order valence-electron chi connectivity index (χ2n) is 4.90. The number of aliphatic hydroxyl groups is 1. The van der Waals surface area contributed by atoms with Crippen molar-refractivity contribution >= 4 is 5.82 Å². The van der Waals surface area contributed by atoms with Gasteiger partial charge in [0.25, 0.3) is 0 Å². The second-order valence-corrected chi connectivity index (χ2v) is 4.90. The minimum atomic E-state index is -0.735. The van der Waals surface area contributed by atoms with E-state index in [4.69, 9.17) is 5.73 Å². The van der Waals surface area contributed by atoms with Gasteiger partial charge in [-0.15, -0.1) is 0 Å². The van der Waals surface area contributed by atoms with Gasteiger partial charge in [0.1, 0.15) is 5.82 Å². The van der Waals surface area contributed by atoms with E-state index in [1.807, 2.05) is 31.0 Å². The Morgan fingerprint density at radius 3 is 2.69 bits per heavy atom. The maximum Gasteiger partial charge on any atom is 0.128 e. The predicted molar refractivity (Wildman–Crippen MR) is 66.4 cm³/mol. The molecule has 0 spiro atoms. The molecule has 1 heterocycles. The van der Waals surface area contributed by atoms with Crippen molar-refractivity contribution in [2.75, 3.05) is 18.5 Å². The van der Waals surface area contributed by atoms with Crippen LogP contribution >= 0.6 is 0 Å². The number of hydrogen-bond acceptors (Lipinski definition) is 4. The maximum absolute atomic E-state index is 9.73. The summed E-state index contributed by atoms with van der Waals surface area (Å²) >= 11 is 0. The third-order valence-corrected chi connectivity index (χ3v) is 2.31. The van der Waals surface area contributed by atoms with Gasteiger partial charge in [-0.1, -0.05) is 0 Å². The van der Waals surface area contributed by atoms with Gasteiger partial charge in [0, 0.05) is 25.8 Å². The molecule has 1 aromatic rings. The summed E-state index contributed by atoms with van der Waals surface area (Å²) in [6.45, 7) is 6.02. The van der Waals surface area contributed by atoms with Crippen LogP contribution in [0.2, 0.25) is 0 Å². The zero-order chi connectivity index (χ0) is 12.3. The molecule has 0 aliphatic rings. The molecule has 16 heavy (non-hydrogen) atoms. The topological polar surface area (TPSA) is 62.4 Å². The Balaban J connectivity index is 2.83. The minimum absolute atomic E-state index is 0.00251. The molecule has 0 amide bonds. The first kappa shape index (κ1) is 12.9. The number of likely N-dealkylation sites (N-methyl/N-ethyl adjacent to an activating group) is 1. The largest absolute Gasteiger partial charge is 0.389 e. The highest BCUT2D eigenvalue weighted by Crippen LogP contribution is 2.17. The van der Waals surface area contributed by atoms with Gasteiger partial charge in [0.05, 0.1) is 5.60 Å². The first-order valence-corrected chi connectivity index (χ1v) is 5.44. The van der Waals surface area contributed by atoms with E-state index in [0.717, 1.165) is 11.4 Å². The van der Waals surface area contributed by atoms with Crippen LogP contribution in [0.5, 0.6) is 0 Å². The van der Waals surface area contributed by atoms with Gasteiger partial charge < -0.3 is 15.7 Å². The normalized spacial score (nSPS) is 13.6. The Bertz CT molecular complexity index is 344. The zero-order valence-electron chi connectivity index (χ0n) is 10.4. The number of rotatable bonds is 4. The molecule has 0 bridgehead atoms. The lowest BCUT2D eigenvalue weighted by molar-refractivity contribution is 0.0884. The molecule has 90 valence electrons. The fourth-order valence-corrected chi connectivity index (χ4v) is 1.59. The molecule has 3 N–H and O–H groups in total. The van der Waals surface area contributed by atoms with Crippen molar-refractivity contribution in [2.24, 2.45) is 5.73 Å². The van der Waals surface area contributed by atoms with Crippen LogP contribution in [-0.4, -0.2) is 29.3 Å². The monoisotopic (exact) mass is 223 g/mol. The summed E-state index contributed by atoms with van der Waals surface area (Å²) in [5.74, 6) is 0.830. The molecular formula is C12H21N3O. The standard InChI is InChI=1S/C12H21N3O/c1-9(13)10-5-6-14-11(7-10)15(4)8-12(2,3)16/h5-7,9,16H,8,13H2,1-4H3/t9-/m0/s1. The lowest BCUT2D eigenvalue weighted by Crippen LogP contribution is -2.36. The molecule has 1 atom stereocenters. The molecule has 0 aromatic carbocycles. The van der Waals surface area contributed by atoms with Gasteiger partial charge in [0.15, 0.2) is 0 Å². The summed E-state index contributed by atoms with van der Waals surface area (Å²) in [4.78, 5) is 6.19. The molecule has 0 aliphatic carbocycles. The fourth-order valence-electron chi connectivity index (χ4n) is 1.59. The molecule has 4 nitrogen and oxygen atoms in total. The Morgan fingerprint density at radius 2 is 2.19 bits per heavy atom. The van der Waals surface area contributed by atoms with E-state index >= 15 is 0 Å². The van der Waals surface area contributed by atoms with E-state index in [2.05, 4.69) is 4.98 Å². The smallest absolute Gasteiger partial charge is 0.128 e. The Hall–Kier alpha value is -1.13. The Morgan fingerprint density at radius 1 is 1.56 bits per heavy atom. The highest BCUT2D eigenvalue weighted by atomic mass is 16.3. The number of aromatic nitrogens is 1. The number of anilines is 1. The van der Waals surface area contributed by atoms with Crippen LogP contribution in [0.25, 0.3) is 0 Å². The van der Waals surface area contributed by atoms with Crippen LogP contribution in [0.15, 0.2) is 18.3 Å². The van der Waals surface area contributed by atoms with Crippen molar-refractivity contribution in [1.29, 1.82) is 0 Å². The third kappa shape index (κ3) is 3.79. The molecule has 1 aromatic heterocycles. The van der Waals surface area contributed by atoms with E-state index in [0.29, 0.717) is 6.54 Å². The van der Waals surface area contributed by atoms with Crippen LogP contribution in [0.3, 0.4) is 0 Å². The SMILES string of the molecule is C[C@H](N)c1ccnc(N(C)CC(C)(C)O)c1. The summed E-state index contributed by atoms with van der Waals surface area (Å²) in [6.07, 6.45) is 1.74. The zero-order valence-corrected chi connectivity index (χ0v) is 10.4. The molecule has 0 unspecified atom stereocenters. The minimum Gasteiger partial charge on any atom is -0.389 e. The highest BCUT2D eigenvalue weighted by molar-refractivity contribution is 5.41. The van der Waals surface area contributed by atoms with Gasteiger partial charge in [-0.3, -0.25) is 0 Å². The van der Waals surface area contributed by atoms with Gasteiger partial charge in [0.2, 0.25) is 0 Å². The van der Waals surface area contributed by atoms with E-state index < -0.39 is 5.60 Å². The van der Waals surface area contributed by atoms with Crippen LogP contribution in [-0.2, 0) is 0 Å². The van der Waals surface area contributed by atoms with Crippen LogP contribution < -0.4 is 10.6 Å². The Kier molecular flexibility index (Phi) is 3.88. The van der Waals surface area contributed by atoms with Crippen molar-refractivity contribution in [3.63, 3.8) is 0 Å². The van der Waals surface area contributed by atoms with Gasteiger partial charge in [-0.05, 0) is 38.5 Å². The molecule has 0 aliphatic heterocycles. The van der Waals surface area contributed by atoms with Crippen LogP contribution in [0.1, 0.15) is 32.4 Å². The van der Waals surface area contributed by atoms with E-state index in [1.54, 1.807) is 20.0 Å². The van der Waals surface area contributed by atoms with Gasteiger partial charge >= 0.3 is 0 Å². The summed E-state index contributed by atoms with van der Waals surface area (Å²) < 4.78 is 0. The molecule has 0 radical (unpaired) electrons. The molecule has 0 saturated carbocycles. The lowest BCUT2D eigenvalue weighted by atomic mass is 10.1. The summed E-state index contributed by atoms with van der Waals surface area (Å²) in [5.41, 5.74) is 6.13. The Labute approximate surface area is 97.1 Å². The summed E-state index contributed by atoms with van der Waals surface area (Å²) in [6, 6.07) is 3.86. The molecule has 1 rings (SSSR count). The van der Waals surface area contributed by atoms with E-state index in [-0.39, 0.29) is 6.04 Å². The van der Waals surface area contributed by atoms with Gasteiger partial charge in [-0.2, -0.15) is 0 Å². The second kappa shape index (κ2) is 4.80.